The van der Waals surface area contributed by atoms with E-state index in [1.54, 1.807) is 24.1 Å². The lowest BCUT2D eigenvalue weighted by molar-refractivity contribution is -0.145. The molecule has 1 saturated heterocycles. The van der Waals surface area contributed by atoms with Crippen LogP contribution in [-0.2, 0) is 28.4 Å². The second-order valence-electron chi connectivity index (χ2n) is 9.28. The second kappa shape index (κ2) is 14.6. The van der Waals surface area contributed by atoms with E-state index in [1.807, 2.05) is 44.3 Å². The molecule has 36 heavy (non-hydrogen) atoms. The fourth-order valence-corrected chi connectivity index (χ4v) is 4.15. The number of ether oxygens (including phenoxy) is 2. The van der Waals surface area contributed by atoms with Gasteiger partial charge in [-0.25, -0.2) is 5.09 Å². The summed E-state index contributed by atoms with van der Waals surface area (Å²) in [5.74, 6) is 2.10. The Morgan fingerprint density at radius 3 is 2.67 bits per heavy atom. The minimum Gasteiger partial charge on any atom is -0.464 e. The summed E-state index contributed by atoms with van der Waals surface area (Å²) in [5.41, 5.74) is -0.137. The number of carbonyl (C=O) groups excluding carboxylic acids is 3. The van der Waals surface area contributed by atoms with E-state index < -0.39 is 26.6 Å². The van der Waals surface area contributed by atoms with Crippen LogP contribution >= 0.6 is 8.53 Å². The molecular formula is C25H34N3O7P. The molecule has 4 atom stereocenters. The van der Waals surface area contributed by atoms with Gasteiger partial charge in [0, 0.05) is 19.3 Å². The summed E-state index contributed by atoms with van der Waals surface area (Å²) in [5, 5.41) is 5.01. The lowest BCUT2D eigenvalue weighted by atomic mass is 9.99. The maximum absolute atomic E-state index is 12.2. The number of esters is 1. The summed E-state index contributed by atoms with van der Waals surface area (Å²) >= 11 is 0. The van der Waals surface area contributed by atoms with Crippen LogP contribution in [0, 0.1) is 23.7 Å². The van der Waals surface area contributed by atoms with Gasteiger partial charge in [-0.15, -0.1) is 6.42 Å². The highest BCUT2D eigenvalue weighted by atomic mass is 31.2. The number of rotatable bonds is 13. The molecule has 1 aliphatic rings. The Morgan fingerprint density at radius 2 is 2.03 bits per heavy atom. The predicted octanol–water partition coefficient (Wildman–Crippen LogP) is 2.57. The van der Waals surface area contributed by atoms with Gasteiger partial charge >= 0.3 is 14.5 Å². The minimum atomic E-state index is -1.69. The van der Waals surface area contributed by atoms with Crippen molar-refractivity contribution in [2.75, 3.05) is 26.8 Å². The van der Waals surface area contributed by atoms with Crippen molar-refractivity contribution in [1.82, 2.24) is 15.3 Å². The Hall–Kier alpha value is -2.96. The molecule has 0 spiro atoms. The van der Waals surface area contributed by atoms with Crippen LogP contribution < -0.4 is 14.9 Å². The number of nitrogens with zero attached hydrogens (tertiary/aromatic N) is 1. The molecule has 1 aromatic rings. The lowest BCUT2D eigenvalue weighted by Gasteiger charge is -2.25. The van der Waals surface area contributed by atoms with E-state index in [0.717, 1.165) is 0 Å². The third-order valence-corrected chi connectivity index (χ3v) is 5.98. The van der Waals surface area contributed by atoms with Crippen molar-refractivity contribution < 1.29 is 32.9 Å². The Kier molecular flexibility index (Phi) is 11.8. The Labute approximate surface area is 213 Å². The van der Waals surface area contributed by atoms with E-state index in [4.69, 9.17) is 24.9 Å². The normalized spacial score (nSPS) is 20.4. The average molecular weight is 520 g/mol. The third kappa shape index (κ3) is 10.8. The maximum Gasteiger partial charge on any atom is 0.320 e. The van der Waals surface area contributed by atoms with Crippen molar-refractivity contribution in [2.24, 2.45) is 11.3 Å². The van der Waals surface area contributed by atoms with Crippen molar-refractivity contribution in [2.45, 2.75) is 39.5 Å². The molecule has 0 aromatic heterocycles. The number of hydrogen-bond donors (Lipinski definition) is 2. The smallest absolute Gasteiger partial charge is 0.320 e. The van der Waals surface area contributed by atoms with Crippen molar-refractivity contribution in [3.8, 4) is 18.1 Å². The molecule has 2 rings (SSSR count). The summed E-state index contributed by atoms with van der Waals surface area (Å²) in [6.07, 6.45) is 8.42. The van der Waals surface area contributed by atoms with Gasteiger partial charge in [0.2, 0.25) is 6.41 Å². The molecule has 10 nitrogen and oxygen atoms in total. The second-order valence-corrected chi connectivity index (χ2v) is 10.5. The molecule has 0 saturated carbocycles. The van der Waals surface area contributed by atoms with E-state index in [2.05, 4.69) is 11.0 Å². The van der Waals surface area contributed by atoms with Gasteiger partial charge in [-0.3, -0.25) is 19.7 Å². The maximum atomic E-state index is 12.2. The summed E-state index contributed by atoms with van der Waals surface area (Å²) in [7, 11) is 0.0330. The Balaban J connectivity index is 1.95. The Bertz CT molecular complexity index is 930. The molecular weight excluding hydrogens is 485 g/mol. The average Bonchev–Trinajstić information content (AvgIpc) is 3.27. The lowest BCUT2D eigenvalue weighted by Crippen LogP contribution is -2.33. The quantitative estimate of drug-likeness (QED) is 0.133. The van der Waals surface area contributed by atoms with Crippen LogP contribution in [-0.4, -0.2) is 62.3 Å². The van der Waals surface area contributed by atoms with E-state index in [-0.39, 0.29) is 30.6 Å². The van der Waals surface area contributed by atoms with E-state index >= 15 is 0 Å². The summed E-state index contributed by atoms with van der Waals surface area (Å²) in [6.45, 7) is 6.33. The minimum absolute atomic E-state index is 0.0773. The first-order chi connectivity index (χ1) is 17.1. The van der Waals surface area contributed by atoms with Gasteiger partial charge < -0.3 is 23.4 Å². The van der Waals surface area contributed by atoms with Crippen molar-refractivity contribution in [3.63, 3.8) is 0 Å². The van der Waals surface area contributed by atoms with Crippen LogP contribution in [0.2, 0.25) is 0 Å². The van der Waals surface area contributed by atoms with Gasteiger partial charge in [0.15, 0.2) is 0 Å². The van der Waals surface area contributed by atoms with Crippen LogP contribution in [0.25, 0.3) is 0 Å². The molecule has 0 aliphatic carbocycles. The highest BCUT2D eigenvalue weighted by molar-refractivity contribution is 7.45. The monoisotopic (exact) mass is 519 g/mol. The van der Waals surface area contributed by atoms with Gasteiger partial charge in [0.1, 0.15) is 18.5 Å². The van der Waals surface area contributed by atoms with Crippen LogP contribution in [0.1, 0.15) is 27.2 Å². The number of terminal acetylenes is 1. The molecule has 1 fully saturated rings. The molecule has 196 valence electrons. The van der Waals surface area contributed by atoms with Crippen LogP contribution in [0.15, 0.2) is 42.6 Å². The molecule has 2 amide bonds. The van der Waals surface area contributed by atoms with Gasteiger partial charge in [-0.2, -0.15) is 0 Å². The third-order valence-electron chi connectivity index (χ3n) is 4.80. The number of benzene rings is 1. The summed E-state index contributed by atoms with van der Waals surface area (Å²) in [4.78, 5) is 35.7. The topological polar surface area (TPSA) is 115 Å². The van der Waals surface area contributed by atoms with Crippen molar-refractivity contribution >= 4 is 26.8 Å². The summed E-state index contributed by atoms with van der Waals surface area (Å²) in [6, 6.07) is 9.11. The van der Waals surface area contributed by atoms with E-state index in [1.165, 1.54) is 12.3 Å². The Morgan fingerprint density at radius 1 is 1.31 bits per heavy atom. The zero-order valence-electron chi connectivity index (χ0n) is 21.0. The van der Waals surface area contributed by atoms with Crippen molar-refractivity contribution in [1.29, 1.82) is 0 Å². The molecule has 0 bridgehead atoms. The molecule has 1 aliphatic heterocycles. The molecule has 11 heteroatoms. The molecule has 1 heterocycles. The zero-order chi connectivity index (χ0) is 26.6. The van der Waals surface area contributed by atoms with Crippen LogP contribution in [0.3, 0.4) is 0 Å². The highest BCUT2D eigenvalue weighted by Gasteiger charge is 2.36. The SMILES string of the molecule is C#CC1CC(COP(NCC(=O)OCC(C)(C)C)Oc2ccccc2)OC1N(C)/C=C\C(=O)NC=O. The van der Waals surface area contributed by atoms with Crippen LogP contribution in [0.4, 0.5) is 0 Å². The summed E-state index contributed by atoms with van der Waals surface area (Å²) < 4.78 is 23.2. The fraction of sp³-hybridized carbons (Fsp3) is 0.480. The highest BCUT2D eigenvalue weighted by Crippen LogP contribution is 2.37. The molecule has 4 unspecified atom stereocenters. The molecule has 2 N–H and O–H groups in total. The van der Waals surface area contributed by atoms with E-state index in [0.29, 0.717) is 25.2 Å². The van der Waals surface area contributed by atoms with E-state index in [9.17, 15) is 14.4 Å². The largest absolute Gasteiger partial charge is 0.464 e. The number of para-hydroxylation sites is 1. The van der Waals surface area contributed by atoms with Gasteiger partial charge in [0.25, 0.3) is 5.91 Å². The predicted molar refractivity (Wildman–Crippen MR) is 135 cm³/mol. The molecule has 1 aromatic carbocycles. The fourth-order valence-electron chi connectivity index (χ4n) is 3.07. The first-order valence-electron chi connectivity index (χ1n) is 11.4. The number of imide groups is 1. The van der Waals surface area contributed by atoms with Gasteiger partial charge in [0.05, 0.1) is 25.2 Å². The zero-order valence-corrected chi connectivity index (χ0v) is 21.9. The van der Waals surface area contributed by atoms with Crippen LogP contribution in [0.5, 0.6) is 5.75 Å². The number of nitrogens with one attached hydrogen (secondary N) is 2. The first kappa shape index (κ1) is 29.3. The number of amides is 2. The first-order valence-corrected chi connectivity index (χ1v) is 12.6. The molecule has 0 radical (unpaired) electrons. The van der Waals surface area contributed by atoms with Crippen molar-refractivity contribution in [3.05, 3.63) is 42.6 Å². The number of carbonyl (C=O) groups is 3. The van der Waals surface area contributed by atoms with Gasteiger partial charge in [-0.1, -0.05) is 44.9 Å². The van der Waals surface area contributed by atoms with Gasteiger partial charge in [-0.05, 0) is 24.0 Å². The number of hydrogen-bond acceptors (Lipinski definition) is 9. The standard InChI is InChI=1S/C25H34N3O7P/c1-6-19-14-21(34-24(19)28(5)13-12-22(30)26-18-29)16-33-36(35-20-10-8-7-9-11-20)27-15-23(31)32-17-25(2,3)4/h1,7-13,18-19,21,24,27H,14-17H2,2-5H3,(H,26,29,30)/b13-12-.